The molecule has 2 atom stereocenters. The van der Waals surface area contributed by atoms with Crippen molar-refractivity contribution in [3.63, 3.8) is 0 Å². The zero-order valence-electron chi connectivity index (χ0n) is 16.9. The predicted octanol–water partition coefficient (Wildman–Crippen LogP) is 1.77. The van der Waals surface area contributed by atoms with Crippen molar-refractivity contribution in [2.75, 3.05) is 11.5 Å². The number of amides is 1. The monoisotopic (exact) mass is 430 g/mol. The largest absolute Gasteiger partial charge is 0.489 e. The van der Waals surface area contributed by atoms with E-state index in [1.54, 1.807) is 33.0 Å². The Morgan fingerprint density at radius 1 is 1.12 bits per heavy atom. The smallest absolute Gasteiger partial charge is 0.415 e. The summed E-state index contributed by atoms with van der Waals surface area (Å²) in [5.41, 5.74) is 3.49. The van der Waals surface area contributed by atoms with E-state index < -0.39 is 0 Å². The maximum absolute atomic E-state index is 12.6. The number of ether oxygens (including phenoxy) is 2. The summed E-state index contributed by atoms with van der Waals surface area (Å²) < 4.78 is 15.0. The molecule has 3 aromatic heterocycles. The van der Waals surface area contributed by atoms with Gasteiger partial charge in [-0.15, -0.1) is 5.10 Å². The molecule has 1 saturated heterocycles. The lowest BCUT2D eigenvalue weighted by atomic mass is 10.0. The Balaban J connectivity index is 1.22. The molecule has 0 saturated carbocycles. The third kappa shape index (κ3) is 3.23. The topological polar surface area (TPSA) is 113 Å². The number of benzene rings is 1. The SMILES string of the molecule is O=C1O[C@@H](Cn2ccnn2)[C@@H]2COc3cc(-c4ccc(Cn5cncn5)nc4)ccc3N12. The summed E-state index contributed by atoms with van der Waals surface area (Å²) in [5.74, 6) is 0.642. The standard InChI is InChI=1S/C21H18N8O3/c30-21-29-17-4-2-14(15-1-3-16(23-8-15)9-28-13-22-12-25-28)7-19(17)31-11-18(29)20(32-21)10-27-6-5-24-26-27/h1-8,12-13,18,20H,9-11H2/t18-,20-/m0/s1. The fourth-order valence-corrected chi connectivity index (χ4v) is 4.05. The Kier molecular flexibility index (Phi) is 4.30. The number of nitrogens with zero attached hydrogens (tertiary/aromatic N) is 8. The molecule has 0 bridgehead atoms. The van der Waals surface area contributed by atoms with Gasteiger partial charge in [-0.25, -0.2) is 19.1 Å². The summed E-state index contributed by atoms with van der Waals surface area (Å²) >= 11 is 0. The first-order valence-corrected chi connectivity index (χ1v) is 10.1. The van der Waals surface area contributed by atoms with Gasteiger partial charge in [0.2, 0.25) is 0 Å². The van der Waals surface area contributed by atoms with E-state index in [1.165, 1.54) is 6.33 Å². The summed E-state index contributed by atoms with van der Waals surface area (Å²) in [6.07, 6.45) is 7.57. The average molecular weight is 430 g/mol. The van der Waals surface area contributed by atoms with Crippen LogP contribution in [0, 0.1) is 0 Å². The molecule has 0 N–H and O–H groups in total. The van der Waals surface area contributed by atoms with Crippen LogP contribution in [0.5, 0.6) is 5.75 Å². The second-order valence-electron chi connectivity index (χ2n) is 7.61. The molecule has 5 heterocycles. The molecule has 2 aliphatic heterocycles. The fraction of sp³-hybridized carbons (Fsp3) is 0.238. The van der Waals surface area contributed by atoms with Crippen LogP contribution in [0.25, 0.3) is 11.1 Å². The summed E-state index contributed by atoms with van der Waals surface area (Å²) in [7, 11) is 0. The quantitative estimate of drug-likeness (QED) is 0.471. The number of cyclic esters (lactones) is 1. The number of carbonyl (C=O) groups excluding carboxylic acids is 1. The van der Waals surface area contributed by atoms with Crippen molar-refractivity contribution >= 4 is 11.8 Å². The van der Waals surface area contributed by atoms with Gasteiger partial charge in [-0.1, -0.05) is 17.3 Å². The maximum atomic E-state index is 12.6. The van der Waals surface area contributed by atoms with Crippen LogP contribution in [-0.4, -0.2) is 59.6 Å². The van der Waals surface area contributed by atoms with Gasteiger partial charge in [0.25, 0.3) is 0 Å². The van der Waals surface area contributed by atoms with Crippen LogP contribution >= 0.6 is 0 Å². The zero-order chi connectivity index (χ0) is 21.5. The lowest BCUT2D eigenvalue weighted by Gasteiger charge is -2.31. The van der Waals surface area contributed by atoms with Gasteiger partial charge < -0.3 is 9.47 Å². The molecule has 6 rings (SSSR count). The third-order valence-electron chi connectivity index (χ3n) is 5.63. The van der Waals surface area contributed by atoms with E-state index in [4.69, 9.17) is 9.47 Å². The second kappa shape index (κ2) is 7.45. The minimum Gasteiger partial charge on any atom is -0.489 e. The molecule has 32 heavy (non-hydrogen) atoms. The van der Waals surface area contributed by atoms with Crippen LogP contribution in [0.4, 0.5) is 10.5 Å². The molecule has 1 amide bonds. The van der Waals surface area contributed by atoms with E-state index in [2.05, 4.69) is 25.4 Å². The minimum atomic E-state index is -0.378. The van der Waals surface area contributed by atoms with E-state index in [0.29, 0.717) is 31.1 Å². The molecule has 0 spiro atoms. The van der Waals surface area contributed by atoms with E-state index in [-0.39, 0.29) is 18.2 Å². The summed E-state index contributed by atoms with van der Waals surface area (Å²) in [4.78, 5) is 22.8. The number of hydrogen-bond acceptors (Lipinski definition) is 8. The van der Waals surface area contributed by atoms with Crippen LogP contribution in [0.15, 0.2) is 61.6 Å². The molecule has 1 aromatic carbocycles. The summed E-state index contributed by atoms with van der Waals surface area (Å²) in [6, 6.07) is 9.51. The Bertz CT molecular complexity index is 1240. The Morgan fingerprint density at radius 2 is 2.06 bits per heavy atom. The molecule has 1 fully saturated rings. The van der Waals surface area contributed by atoms with Gasteiger partial charge in [0.1, 0.15) is 37.2 Å². The third-order valence-corrected chi connectivity index (χ3v) is 5.63. The fourth-order valence-electron chi connectivity index (χ4n) is 4.05. The highest BCUT2D eigenvalue weighted by Crippen LogP contribution is 2.41. The van der Waals surface area contributed by atoms with Crippen LogP contribution < -0.4 is 9.64 Å². The molecule has 11 nitrogen and oxygen atoms in total. The second-order valence-corrected chi connectivity index (χ2v) is 7.61. The van der Waals surface area contributed by atoms with Gasteiger partial charge in [0, 0.05) is 18.0 Å². The molecule has 0 unspecified atom stereocenters. The Labute approximate surface area is 182 Å². The van der Waals surface area contributed by atoms with E-state index in [0.717, 1.165) is 16.8 Å². The van der Waals surface area contributed by atoms with Gasteiger partial charge >= 0.3 is 6.09 Å². The van der Waals surface area contributed by atoms with E-state index in [9.17, 15) is 4.79 Å². The zero-order valence-corrected chi connectivity index (χ0v) is 16.9. The highest BCUT2D eigenvalue weighted by Gasteiger charge is 2.46. The lowest BCUT2D eigenvalue weighted by molar-refractivity contribution is 0.106. The van der Waals surface area contributed by atoms with Gasteiger partial charge in [0.05, 0.1) is 30.7 Å². The summed E-state index contributed by atoms with van der Waals surface area (Å²) in [6.45, 7) is 1.33. The van der Waals surface area contributed by atoms with Crippen molar-refractivity contribution in [1.82, 2.24) is 34.7 Å². The number of hydrogen-bond donors (Lipinski definition) is 0. The first kappa shape index (κ1) is 18.5. The van der Waals surface area contributed by atoms with Crippen molar-refractivity contribution in [2.45, 2.75) is 25.2 Å². The minimum absolute atomic E-state index is 0.220. The normalized spacial score (nSPS) is 19.2. The van der Waals surface area contributed by atoms with E-state index in [1.807, 2.05) is 36.5 Å². The van der Waals surface area contributed by atoms with Crippen LogP contribution in [0.3, 0.4) is 0 Å². The molecular weight excluding hydrogens is 412 g/mol. The number of carbonyl (C=O) groups is 1. The first-order valence-electron chi connectivity index (χ1n) is 10.1. The Hall–Kier alpha value is -4.28. The van der Waals surface area contributed by atoms with Crippen molar-refractivity contribution in [1.29, 1.82) is 0 Å². The maximum Gasteiger partial charge on any atom is 0.415 e. The predicted molar refractivity (Wildman–Crippen MR) is 111 cm³/mol. The van der Waals surface area contributed by atoms with Gasteiger partial charge in [0.15, 0.2) is 0 Å². The molecule has 2 aliphatic rings. The van der Waals surface area contributed by atoms with E-state index >= 15 is 0 Å². The molecule has 11 heteroatoms. The van der Waals surface area contributed by atoms with Crippen molar-refractivity contribution in [2.24, 2.45) is 0 Å². The van der Waals surface area contributed by atoms with Crippen molar-refractivity contribution < 1.29 is 14.3 Å². The molecular formula is C21H18N8O3. The average Bonchev–Trinajstić information content (AvgIpc) is 3.57. The number of rotatable bonds is 5. The lowest BCUT2D eigenvalue weighted by Crippen LogP contribution is -2.45. The van der Waals surface area contributed by atoms with Crippen LogP contribution in [0.1, 0.15) is 5.69 Å². The van der Waals surface area contributed by atoms with Crippen molar-refractivity contribution in [3.05, 3.63) is 67.3 Å². The first-order chi connectivity index (χ1) is 15.7. The number of fused-ring (bicyclic) bond motifs is 3. The number of anilines is 1. The Morgan fingerprint density at radius 3 is 2.84 bits per heavy atom. The highest BCUT2D eigenvalue weighted by molar-refractivity contribution is 5.94. The molecule has 0 radical (unpaired) electrons. The van der Waals surface area contributed by atoms with Crippen molar-refractivity contribution in [3.8, 4) is 16.9 Å². The van der Waals surface area contributed by atoms with Crippen LogP contribution in [-0.2, 0) is 17.8 Å². The molecule has 4 aromatic rings. The molecule has 160 valence electrons. The highest BCUT2D eigenvalue weighted by atomic mass is 16.6. The van der Waals surface area contributed by atoms with Gasteiger partial charge in [-0.3, -0.25) is 9.88 Å². The summed E-state index contributed by atoms with van der Waals surface area (Å²) in [5, 5.41) is 11.9. The van der Waals surface area contributed by atoms with Gasteiger partial charge in [-0.05, 0) is 23.8 Å². The number of pyridine rings is 1. The number of aromatic nitrogens is 7. The molecule has 0 aliphatic carbocycles. The van der Waals surface area contributed by atoms with Crippen LogP contribution in [0.2, 0.25) is 0 Å². The van der Waals surface area contributed by atoms with Gasteiger partial charge in [-0.2, -0.15) is 5.10 Å².